The molecule has 0 spiro atoms. The molecule has 2 fully saturated rings. The van der Waals surface area contributed by atoms with E-state index in [-0.39, 0.29) is 11.9 Å². The predicted octanol–water partition coefficient (Wildman–Crippen LogP) is 4.31. The molecule has 7 nitrogen and oxygen atoms in total. The van der Waals surface area contributed by atoms with Crippen LogP contribution in [-0.2, 0) is 17.6 Å². The summed E-state index contributed by atoms with van der Waals surface area (Å²) in [7, 11) is 0. The van der Waals surface area contributed by atoms with Crippen LogP contribution in [0.15, 0.2) is 30.3 Å². The second-order valence-corrected chi connectivity index (χ2v) is 10.6. The zero-order valence-electron chi connectivity index (χ0n) is 21.8. The summed E-state index contributed by atoms with van der Waals surface area (Å²) in [5.41, 5.74) is 6.67. The van der Waals surface area contributed by atoms with Crippen LogP contribution in [0.1, 0.15) is 73.7 Å². The molecule has 1 atom stereocenters. The van der Waals surface area contributed by atoms with Crippen LogP contribution >= 0.6 is 0 Å². The summed E-state index contributed by atoms with van der Waals surface area (Å²) in [5, 5.41) is 11.4. The van der Waals surface area contributed by atoms with Crippen molar-refractivity contribution < 1.29 is 9.53 Å². The highest BCUT2D eigenvalue weighted by atomic mass is 16.5. The Kier molecular flexibility index (Phi) is 7.56. The topological polar surface area (TPSA) is 80.6 Å². The largest absolute Gasteiger partial charge is 0.493 e. The molecule has 1 aliphatic carbocycles. The average Bonchev–Trinajstić information content (AvgIpc) is 3.54. The normalized spacial score (nSPS) is 22.1. The standard InChI is InChI=1S/C29H39N5O2/c1-4-26-25(28-31-19(2)16-20(3)34(28)33-26)17-21-9-13-24(14-10-21)36-18-22-7-11-23(12-8-22)32-29(35)27-6-5-15-30-27/h9-10,13-14,16,22-23,27,30H,4-8,11-12,15,17-18H2,1-3H3,(H,32,35)/t22?,23?,27-/m0/s1. The third kappa shape index (κ3) is 5.56. The van der Waals surface area contributed by atoms with Crippen molar-refractivity contribution in [3.05, 3.63) is 58.5 Å². The lowest BCUT2D eigenvalue weighted by Crippen LogP contribution is -2.46. The number of carbonyl (C=O) groups excluding carboxylic acids is 1. The average molecular weight is 490 g/mol. The number of hydrogen-bond donors (Lipinski definition) is 2. The summed E-state index contributed by atoms with van der Waals surface area (Å²) < 4.78 is 8.13. The van der Waals surface area contributed by atoms with Crippen LogP contribution < -0.4 is 15.4 Å². The maximum absolute atomic E-state index is 12.4. The minimum atomic E-state index is 0.0138. The molecule has 1 saturated carbocycles. The zero-order chi connectivity index (χ0) is 25.1. The minimum absolute atomic E-state index is 0.0138. The Balaban J connectivity index is 1.13. The van der Waals surface area contributed by atoms with Gasteiger partial charge in [0.05, 0.1) is 18.3 Å². The van der Waals surface area contributed by atoms with Gasteiger partial charge in [0.25, 0.3) is 0 Å². The zero-order valence-corrected chi connectivity index (χ0v) is 21.8. The first-order chi connectivity index (χ1) is 17.5. The maximum Gasteiger partial charge on any atom is 0.237 e. The predicted molar refractivity (Wildman–Crippen MR) is 141 cm³/mol. The molecule has 0 unspecified atom stereocenters. The van der Waals surface area contributed by atoms with Gasteiger partial charge in [-0.1, -0.05) is 19.1 Å². The van der Waals surface area contributed by atoms with E-state index in [0.717, 1.165) is 93.0 Å². The maximum atomic E-state index is 12.4. The number of nitrogens with one attached hydrogen (secondary N) is 2. The number of benzene rings is 1. The third-order valence-corrected chi connectivity index (χ3v) is 7.77. The van der Waals surface area contributed by atoms with Crippen LogP contribution in [-0.4, -0.2) is 45.7 Å². The summed E-state index contributed by atoms with van der Waals surface area (Å²) in [6.07, 6.45) is 8.04. The van der Waals surface area contributed by atoms with E-state index in [0.29, 0.717) is 12.0 Å². The van der Waals surface area contributed by atoms with Gasteiger partial charge in [-0.25, -0.2) is 9.50 Å². The Morgan fingerprint density at radius 2 is 1.92 bits per heavy atom. The van der Waals surface area contributed by atoms with Gasteiger partial charge in [-0.15, -0.1) is 0 Å². The van der Waals surface area contributed by atoms with Gasteiger partial charge in [0.2, 0.25) is 5.91 Å². The van der Waals surface area contributed by atoms with Crippen molar-refractivity contribution >= 4 is 11.6 Å². The van der Waals surface area contributed by atoms with E-state index in [2.05, 4.69) is 54.8 Å². The molecular formula is C29H39N5O2. The molecule has 36 heavy (non-hydrogen) atoms. The van der Waals surface area contributed by atoms with Crippen molar-refractivity contribution in [1.29, 1.82) is 0 Å². The molecule has 3 heterocycles. The van der Waals surface area contributed by atoms with E-state index in [1.54, 1.807) is 0 Å². The Hall–Kier alpha value is -2.93. The Morgan fingerprint density at radius 3 is 2.61 bits per heavy atom. The van der Waals surface area contributed by atoms with Gasteiger partial charge in [-0.05, 0) is 95.0 Å². The highest BCUT2D eigenvalue weighted by Gasteiger charge is 2.27. The Morgan fingerprint density at radius 1 is 1.14 bits per heavy atom. The molecule has 7 heteroatoms. The quantitative estimate of drug-likeness (QED) is 0.493. The second-order valence-electron chi connectivity index (χ2n) is 10.6. The SMILES string of the molecule is CCc1nn2c(C)cc(C)nc2c1Cc1ccc(OCC2CCC(NC(=O)[C@@H]3CCCN3)CC2)cc1. The molecule has 0 radical (unpaired) electrons. The fourth-order valence-electron chi connectivity index (χ4n) is 5.68. The molecular weight excluding hydrogens is 450 g/mol. The molecule has 5 rings (SSSR count). The van der Waals surface area contributed by atoms with Crippen molar-refractivity contribution in [3.8, 4) is 5.75 Å². The second kappa shape index (κ2) is 11.0. The van der Waals surface area contributed by atoms with Crippen LogP contribution in [0.25, 0.3) is 5.65 Å². The Bertz CT molecular complexity index is 1190. The number of aryl methyl sites for hydroxylation is 3. The number of aromatic nitrogens is 3. The molecule has 2 aromatic heterocycles. The molecule has 2 N–H and O–H groups in total. The first-order valence-corrected chi connectivity index (χ1v) is 13.6. The molecule has 1 aliphatic heterocycles. The van der Waals surface area contributed by atoms with Crippen LogP contribution in [0, 0.1) is 19.8 Å². The molecule has 2 aliphatic rings. The molecule has 0 bridgehead atoms. The van der Waals surface area contributed by atoms with Gasteiger partial charge in [0.15, 0.2) is 5.65 Å². The number of nitrogens with zero attached hydrogens (tertiary/aromatic N) is 3. The van der Waals surface area contributed by atoms with Crippen molar-refractivity contribution in [3.63, 3.8) is 0 Å². The number of hydrogen-bond acceptors (Lipinski definition) is 5. The van der Waals surface area contributed by atoms with Gasteiger partial charge in [0, 0.05) is 29.4 Å². The third-order valence-electron chi connectivity index (χ3n) is 7.77. The van der Waals surface area contributed by atoms with Crippen molar-refractivity contribution in [2.75, 3.05) is 13.2 Å². The molecule has 192 valence electrons. The van der Waals surface area contributed by atoms with Crippen LogP contribution in [0.3, 0.4) is 0 Å². The summed E-state index contributed by atoms with van der Waals surface area (Å²) in [5.74, 6) is 1.65. The highest BCUT2D eigenvalue weighted by molar-refractivity contribution is 5.82. The number of rotatable bonds is 8. The molecule has 1 amide bonds. The molecule has 1 saturated heterocycles. The van der Waals surface area contributed by atoms with E-state index in [4.69, 9.17) is 14.8 Å². The van der Waals surface area contributed by atoms with Gasteiger partial charge >= 0.3 is 0 Å². The fraction of sp³-hybridized carbons (Fsp3) is 0.552. The van der Waals surface area contributed by atoms with Crippen LogP contribution in [0.2, 0.25) is 0 Å². The van der Waals surface area contributed by atoms with Gasteiger partial charge in [-0.3, -0.25) is 4.79 Å². The summed E-state index contributed by atoms with van der Waals surface area (Å²) in [6, 6.07) is 10.9. The summed E-state index contributed by atoms with van der Waals surface area (Å²) >= 11 is 0. The summed E-state index contributed by atoms with van der Waals surface area (Å²) in [6.45, 7) is 7.97. The number of carbonyl (C=O) groups is 1. The highest BCUT2D eigenvalue weighted by Crippen LogP contribution is 2.27. The van der Waals surface area contributed by atoms with Crippen LogP contribution in [0.4, 0.5) is 0 Å². The van der Waals surface area contributed by atoms with Crippen molar-refractivity contribution in [2.45, 2.75) is 84.2 Å². The van der Waals surface area contributed by atoms with E-state index >= 15 is 0 Å². The fourth-order valence-corrected chi connectivity index (χ4v) is 5.68. The number of fused-ring (bicyclic) bond motifs is 1. The van der Waals surface area contributed by atoms with E-state index in [9.17, 15) is 4.79 Å². The number of amides is 1. The first-order valence-electron chi connectivity index (χ1n) is 13.6. The van der Waals surface area contributed by atoms with E-state index in [1.165, 1.54) is 11.1 Å². The lowest BCUT2D eigenvalue weighted by Gasteiger charge is -2.29. The smallest absolute Gasteiger partial charge is 0.237 e. The first kappa shape index (κ1) is 24.8. The lowest BCUT2D eigenvalue weighted by molar-refractivity contribution is -0.123. The van der Waals surface area contributed by atoms with Gasteiger partial charge in [0.1, 0.15) is 5.75 Å². The Labute approximate surface area is 214 Å². The monoisotopic (exact) mass is 489 g/mol. The molecule has 3 aromatic rings. The number of ether oxygens (including phenoxy) is 1. The van der Waals surface area contributed by atoms with E-state index < -0.39 is 0 Å². The van der Waals surface area contributed by atoms with Gasteiger partial charge in [-0.2, -0.15) is 5.10 Å². The minimum Gasteiger partial charge on any atom is -0.493 e. The lowest BCUT2D eigenvalue weighted by atomic mass is 9.86. The summed E-state index contributed by atoms with van der Waals surface area (Å²) in [4.78, 5) is 17.1. The van der Waals surface area contributed by atoms with Gasteiger partial charge < -0.3 is 15.4 Å². The molecule has 1 aromatic carbocycles. The van der Waals surface area contributed by atoms with E-state index in [1.807, 2.05) is 11.4 Å². The van der Waals surface area contributed by atoms with Crippen molar-refractivity contribution in [2.24, 2.45) is 5.92 Å². The van der Waals surface area contributed by atoms with Crippen molar-refractivity contribution in [1.82, 2.24) is 25.2 Å². The van der Waals surface area contributed by atoms with Crippen LogP contribution in [0.5, 0.6) is 5.75 Å².